The molecular weight excluding hydrogens is 320 g/mol. The summed E-state index contributed by atoms with van der Waals surface area (Å²) in [4.78, 5) is 33.3. The highest BCUT2D eigenvalue weighted by Crippen LogP contribution is 2.16. The number of aryl methyl sites for hydroxylation is 1. The van der Waals surface area contributed by atoms with Crippen molar-refractivity contribution in [1.82, 2.24) is 19.9 Å². The molecule has 2 aromatic heterocycles. The van der Waals surface area contributed by atoms with Crippen LogP contribution in [0, 0.1) is 6.92 Å². The Morgan fingerprint density at radius 3 is 2.84 bits per heavy atom. The Hall–Kier alpha value is -3.22. The first-order valence-electron chi connectivity index (χ1n) is 7.85. The van der Waals surface area contributed by atoms with Gasteiger partial charge in [-0.05, 0) is 31.2 Å². The number of fused-ring (bicyclic) bond motifs is 1. The van der Waals surface area contributed by atoms with E-state index in [-0.39, 0.29) is 11.5 Å². The maximum atomic E-state index is 12.5. The van der Waals surface area contributed by atoms with Gasteiger partial charge in [0.15, 0.2) is 5.65 Å². The number of ether oxygens (including phenoxy) is 1. The number of hydrogen-bond donors (Lipinski definition) is 1. The van der Waals surface area contributed by atoms with E-state index in [1.54, 1.807) is 49.5 Å². The molecule has 128 valence electrons. The fourth-order valence-electron chi connectivity index (χ4n) is 2.63. The normalized spacial score (nSPS) is 10.6. The Morgan fingerprint density at radius 2 is 2.04 bits per heavy atom. The number of aromatic nitrogens is 3. The molecule has 0 spiro atoms. The van der Waals surface area contributed by atoms with E-state index in [1.807, 2.05) is 0 Å². The fraction of sp³-hybridized carbons (Fsp3) is 0.222. The van der Waals surface area contributed by atoms with Crippen molar-refractivity contribution < 1.29 is 9.53 Å². The van der Waals surface area contributed by atoms with Crippen molar-refractivity contribution in [2.75, 3.05) is 13.7 Å². The summed E-state index contributed by atoms with van der Waals surface area (Å²) in [5.74, 6) is 0.813. The molecule has 0 fully saturated rings. The molecule has 1 aromatic carbocycles. The molecule has 0 saturated heterocycles. The summed E-state index contributed by atoms with van der Waals surface area (Å²) in [6, 6.07) is 10.4. The molecule has 2 heterocycles. The Morgan fingerprint density at radius 1 is 1.24 bits per heavy atom. The maximum Gasteiger partial charge on any atom is 0.263 e. The van der Waals surface area contributed by atoms with Gasteiger partial charge in [-0.1, -0.05) is 12.1 Å². The van der Waals surface area contributed by atoms with Crippen molar-refractivity contribution in [2.24, 2.45) is 0 Å². The Balaban J connectivity index is 1.75. The van der Waals surface area contributed by atoms with Gasteiger partial charge < -0.3 is 10.1 Å². The van der Waals surface area contributed by atoms with Crippen LogP contribution >= 0.6 is 0 Å². The van der Waals surface area contributed by atoms with Crippen molar-refractivity contribution in [1.29, 1.82) is 0 Å². The predicted octanol–water partition coefficient (Wildman–Crippen LogP) is 1.54. The van der Waals surface area contributed by atoms with Crippen LogP contribution in [-0.4, -0.2) is 34.1 Å². The largest absolute Gasteiger partial charge is 0.496 e. The van der Waals surface area contributed by atoms with Crippen molar-refractivity contribution >= 4 is 16.9 Å². The Kier molecular flexibility index (Phi) is 4.74. The number of nitrogens with one attached hydrogen (secondary N) is 1. The SMILES string of the molecule is COc1ccccc1C(=O)NCCn1c(C)nc2ncccc2c1=O. The summed E-state index contributed by atoms with van der Waals surface area (Å²) in [6.45, 7) is 2.37. The third-order valence-electron chi connectivity index (χ3n) is 3.89. The average molecular weight is 338 g/mol. The number of carbonyl (C=O) groups is 1. The molecule has 3 rings (SSSR count). The number of para-hydroxylation sites is 1. The average Bonchev–Trinajstić information content (AvgIpc) is 2.64. The van der Waals surface area contributed by atoms with Gasteiger partial charge in [-0.2, -0.15) is 0 Å². The first kappa shape index (κ1) is 16.6. The summed E-state index contributed by atoms with van der Waals surface area (Å²) in [5.41, 5.74) is 0.719. The van der Waals surface area contributed by atoms with Gasteiger partial charge in [-0.3, -0.25) is 14.2 Å². The van der Waals surface area contributed by atoms with Crippen LogP contribution in [0.5, 0.6) is 5.75 Å². The van der Waals surface area contributed by atoms with E-state index in [4.69, 9.17) is 4.74 Å². The Bertz CT molecular complexity index is 981. The molecule has 0 aliphatic carbocycles. The minimum absolute atomic E-state index is 0.165. The molecule has 1 amide bonds. The molecule has 25 heavy (non-hydrogen) atoms. The summed E-state index contributed by atoms with van der Waals surface area (Å²) >= 11 is 0. The van der Waals surface area contributed by atoms with Crippen LogP contribution in [0.15, 0.2) is 47.4 Å². The quantitative estimate of drug-likeness (QED) is 0.762. The number of pyridine rings is 1. The van der Waals surface area contributed by atoms with E-state index in [0.717, 1.165) is 0 Å². The molecule has 0 unspecified atom stereocenters. The van der Waals surface area contributed by atoms with Crippen LogP contribution in [0.1, 0.15) is 16.2 Å². The van der Waals surface area contributed by atoms with Crippen molar-refractivity contribution in [3.05, 3.63) is 64.3 Å². The van der Waals surface area contributed by atoms with Gasteiger partial charge in [0.2, 0.25) is 0 Å². The minimum Gasteiger partial charge on any atom is -0.496 e. The molecule has 7 nitrogen and oxygen atoms in total. The second kappa shape index (κ2) is 7.12. The van der Waals surface area contributed by atoms with Crippen LogP contribution in [0.25, 0.3) is 11.0 Å². The molecule has 1 N–H and O–H groups in total. The molecule has 3 aromatic rings. The summed E-state index contributed by atoms with van der Waals surface area (Å²) in [7, 11) is 1.52. The van der Waals surface area contributed by atoms with E-state index in [0.29, 0.717) is 41.3 Å². The molecule has 0 atom stereocenters. The highest BCUT2D eigenvalue weighted by molar-refractivity contribution is 5.96. The molecule has 0 bridgehead atoms. The molecular formula is C18H18N4O3. The summed E-state index contributed by atoms with van der Waals surface area (Å²) in [6.07, 6.45) is 1.60. The van der Waals surface area contributed by atoms with Crippen molar-refractivity contribution in [3.8, 4) is 5.75 Å². The summed E-state index contributed by atoms with van der Waals surface area (Å²) < 4.78 is 6.72. The second-order valence-electron chi connectivity index (χ2n) is 5.45. The van der Waals surface area contributed by atoms with E-state index in [9.17, 15) is 9.59 Å². The number of nitrogens with zero attached hydrogens (tertiary/aromatic N) is 3. The van der Waals surface area contributed by atoms with Crippen LogP contribution in [-0.2, 0) is 6.54 Å². The molecule has 0 aliphatic heterocycles. The van der Waals surface area contributed by atoms with Crippen molar-refractivity contribution in [2.45, 2.75) is 13.5 Å². The molecule has 0 radical (unpaired) electrons. The lowest BCUT2D eigenvalue weighted by Gasteiger charge is -2.12. The fourth-order valence-corrected chi connectivity index (χ4v) is 2.63. The van der Waals surface area contributed by atoms with Gasteiger partial charge in [0.05, 0.1) is 18.1 Å². The Labute approximate surface area is 144 Å². The smallest absolute Gasteiger partial charge is 0.263 e. The van der Waals surface area contributed by atoms with Crippen LogP contribution in [0.4, 0.5) is 0 Å². The van der Waals surface area contributed by atoms with E-state index in [2.05, 4.69) is 15.3 Å². The molecule has 7 heteroatoms. The lowest BCUT2D eigenvalue weighted by Crippen LogP contribution is -2.32. The number of hydrogen-bond acceptors (Lipinski definition) is 5. The number of benzene rings is 1. The van der Waals surface area contributed by atoms with Gasteiger partial charge in [0.1, 0.15) is 11.6 Å². The monoisotopic (exact) mass is 338 g/mol. The van der Waals surface area contributed by atoms with Crippen LogP contribution in [0.3, 0.4) is 0 Å². The zero-order chi connectivity index (χ0) is 17.8. The zero-order valence-electron chi connectivity index (χ0n) is 14.0. The van der Waals surface area contributed by atoms with E-state index >= 15 is 0 Å². The summed E-state index contributed by atoms with van der Waals surface area (Å²) in [5, 5.41) is 3.26. The number of methoxy groups -OCH3 is 1. The topological polar surface area (TPSA) is 86.1 Å². The third-order valence-corrected chi connectivity index (χ3v) is 3.89. The second-order valence-corrected chi connectivity index (χ2v) is 5.45. The first-order chi connectivity index (χ1) is 12.1. The van der Waals surface area contributed by atoms with E-state index < -0.39 is 0 Å². The maximum absolute atomic E-state index is 12.5. The van der Waals surface area contributed by atoms with E-state index in [1.165, 1.54) is 11.7 Å². The number of rotatable bonds is 5. The third kappa shape index (κ3) is 3.35. The van der Waals surface area contributed by atoms with Crippen LogP contribution < -0.4 is 15.6 Å². The van der Waals surface area contributed by atoms with Crippen molar-refractivity contribution in [3.63, 3.8) is 0 Å². The van der Waals surface area contributed by atoms with Crippen LogP contribution in [0.2, 0.25) is 0 Å². The van der Waals surface area contributed by atoms with Gasteiger partial charge in [0.25, 0.3) is 11.5 Å². The standard InChI is InChI=1S/C18H18N4O3/c1-12-21-16-14(7-5-9-19-16)18(24)22(12)11-10-20-17(23)13-6-3-4-8-15(13)25-2/h3-9H,10-11H2,1-2H3,(H,20,23). The van der Waals surface area contributed by atoms with Gasteiger partial charge >= 0.3 is 0 Å². The minimum atomic E-state index is -0.251. The lowest BCUT2D eigenvalue weighted by atomic mass is 10.2. The highest BCUT2D eigenvalue weighted by atomic mass is 16.5. The van der Waals surface area contributed by atoms with Gasteiger partial charge in [-0.25, -0.2) is 9.97 Å². The van der Waals surface area contributed by atoms with Gasteiger partial charge in [-0.15, -0.1) is 0 Å². The lowest BCUT2D eigenvalue weighted by molar-refractivity contribution is 0.0949. The zero-order valence-corrected chi connectivity index (χ0v) is 14.0. The molecule has 0 saturated carbocycles. The highest BCUT2D eigenvalue weighted by Gasteiger charge is 2.12. The predicted molar refractivity (Wildman–Crippen MR) is 93.9 cm³/mol. The van der Waals surface area contributed by atoms with Gasteiger partial charge in [0, 0.05) is 19.3 Å². The number of amides is 1. The first-order valence-corrected chi connectivity index (χ1v) is 7.85. The number of carbonyl (C=O) groups excluding carboxylic acids is 1. The molecule has 0 aliphatic rings.